The summed E-state index contributed by atoms with van der Waals surface area (Å²) in [6.07, 6.45) is 9.99. The normalized spacial score (nSPS) is 44.1. The Balaban J connectivity index is 1.33. The maximum absolute atomic E-state index is 12.4. The van der Waals surface area contributed by atoms with Crippen LogP contribution < -0.4 is 5.32 Å². The van der Waals surface area contributed by atoms with E-state index in [1.54, 1.807) is 0 Å². The number of fused-ring (bicyclic) bond motifs is 5. The molecule has 4 saturated carbocycles. The van der Waals surface area contributed by atoms with Crippen molar-refractivity contribution in [3.63, 3.8) is 0 Å². The van der Waals surface area contributed by atoms with E-state index in [9.17, 15) is 9.90 Å². The Morgan fingerprint density at radius 3 is 2.35 bits per heavy atom. The SMILES string of the molecule is O=C(NCC1(CO)CCCCC1)C1C2C3CCC(C3)C12. The van der Waals surface area contributed by atoms with E-state index >= 15 is 0 Å². The molecule has 4 fully saturated rings. The Labute approximate surface area is 121 Å². The monoisotopic (exact) mass is 277 g/mol. The molecule has 0 saturated heterocycles. The van der Waals surface area contributed by atoms with Gasteiger partial charge in [-0.05, 0) is 55.8 Å². The lowest BCUT2D eigenvalue weighted by molar-refractivity contribution is -0.124. The molecular formula is C17H27NO2. The van der Waals surface area contributed by atoms with E-state index in [-0.39, 0.29) is 12.0 Å². The van der Waals surface area contributed by atoms with Crippen molar-refractivity contribution in [1.29, 1.82) is 0 Å². The molecule has 4 atom stereocenters. The number of carbonyl (C=O) groups excluding carboxylic acids is 1. The van der Waals surface area contributed by atoms with Crippen LogP contribution in [-0.2, 0) is 4.79 Å². The fraction of sp³-hybridized carbons (Fsp3) is 0.941. The van der Waals surface area contributed by atoms with Gasteiger partial charge in [-0.2, -0.15) is 0 Å². The maximum Gasteiger partial charge on any atom is 0.223 e. The van der Waals surface area contributed by atoms with Crippen LogP contribution in [0.1, 0.15) is 51.4 Å². The van der Waals surface area contributed by atoms with Gasteiger partial charge in [0, 0.05) is 17.9 Å². The van der Waals surface area contributed by atoms with Gasteiger partial charge in [-0.3, -0.25) is 4.79 Å². The van der Waals surface area contributed by atoms with Crippen LogP contribution in [0.2, 0.25) is 0 Å². The van der Waals surface area contributed by atoms with E-state index < -0.39 is 0 Å². The van der Waals surface area contributed by atoms with Crippen LogP contribution in [0.15, 0.2) is 0 Å². The van der Waals surface area contributed by atoms with Gasteiger partial charge < -0.3 is 10.4 Å². The Bertz CT molecular complexity index is 386. The summed E-state index contributed by atoms with van der Waals surface area (Å²) >= 11 is 0. The van der Waals surface area contributed by atoms with Crippen molar-refractivity contribution in [2.24, 2.45) is 35.0 Å². The summed E-state index contributed by atoms with van der Waals surface area (Å²) in [6, 6.07) is 0. The molecule has 0 spiro atoms. The molecule has 0 radical (unpaired) electrons. The second kappa shape index (κ2) is 4.72. The van der Waals surface area contributed by atoms with Crippen LogP contribution in [0.3, 0.4) is 0 Å². The molecule has 4 aliphatic rings. The average molecular weight is 277 g/mol. The largest absolute Gasteiger partial charge is 0.396 e. The number of carbonyl (C=O) groups is 1. The van der Waals surface area contributed by atoms with E-state index in [4.69, 9.17) is 0 Å². The number of amides is 1. The zero-order valence-electron chi connectivity index (χ0n) is 12.3. The highest BCUT2D eigenvalue weighted by molar-refractivity contribution is 5.82. The summed E-state index contributed by atoms with van der Waals surface area (Å²) in [4.78, 5) is 12.4. The van der Waals surface area contributed by atoms with Crippen LogP contribution >= 0.6 is 0 Å². The van der Waals surface area contributed by atoms with E-state index in [1.165, 1.54) is 38.5 Å². The van der Waals surface area contributed by atoms with Gasteiger partial charge in [0.2, 0.25) is 5.91 Å². The van der Waals surface area contributed by atoms with Crippen molar-refractivity contribution < 1.29 is 9.90 Å². The molecule has 4 unspecified atom stereocenters. The third kappa shape index (κ3) is 1.93. The van der Waals surface area contributed by atoms with Gasteiger partial charge >= 0.3 is 0 Å². The number of hydrogen-bond acceptors (Lipinski definition) is 2. The molecule has 0 aromatic rings. The summed E-state index contributed by atoms with van der Waals surface area (Å²) in [5, 5.41) is 12.9. The highest BCUT2D eigenvalue weighted by atomic mass is 16.3. The van der Waals surface area contributed by atoms with Gasteiger partial charge in [0.05, 0.1) is 6.61 Å². The zero-order chi connectivity index (χ0) is 13.7. The van der Waals surface area contributed by atoms with Gasteiger partial charge in [-0.25, -0.2) is 0 Å². The minimum Gasteiger partial charge on any atom is -0.396 e. The Hall–Kier alpha value is -0.570. The highest BCUT2D eigenvalue weighted by Crippen LogP contribution is 2.69. The Morgan fingerprint density at radius 2 is 1.75 bits per heavy atom. The third-order valence-corrected chi connectivity index (χ3v) is 6.93. The van der Waals surface area contributed by atoms with Gasteiger partial charge in [-0.1, -0.05) is 19.3 Å². The fourth-order valence-electron chi connectivity index (χ4n) is 5.76. The van der Waals surface area contributed by atoms with Crippen molar-refractivity contribution in [2.75, 3.05) is 13.2 Å². The Morgan fingerprint density at radius 1 is 1.10 bits per heavy atom. The van der Waals surface area contributed by atoms with Gasteiger partial charge in [0.15, 0.2) is 0 Å². The fourth-order valence-corrected chi connectivity index (χ4v) is 5.76. The summed E-state index contributed by atoms with van der Waals surface area (Å²) in [6.45, 7) is 0.934. The van der Waals surface area contributed by atoms with E-state index in [1.807, 2.05) is 0 Å². The molecular weight excluding hydrogens is 250 g/mol. The second-order valence-corrected chi connectivity index (χ2v) is 7.95. The number of nitrogens with one attached hydrogen (secondary N) is 1. The van der Waals surface area contributed by atoms with Crippen molar-refractivity contribution >= 4 is 5.91 Å². The standard InChI is InChI=1S/C17H27NO2/c19-10-17(6-2-1-3-7-17)9-18-16(20)15-13-11-4-5-12(8-11)14(13)15/h11-15,19H,1-10H2,(H,18,20). The average Bonchev–Trinajstić information content (AvgIpc) is 2.94. The van der Waals surface area contributed by atoms with E-state index in [0.29, 0.717) is 18.4 Å². The lowest BCUT2D eigenvalue weighted by atomic mass is 9.74. The minimum absolute atomic E-state index is 0.0170. The van der Waals surface area contributed by atoms with Crippen LogP contribution in [0.4, 0.5) is 0 Å². The van der Waals surface area contributed by atoms with Gasteiger partial charge in [-0.15, -0.1) is 0 Å². The first-order chi connectivity index (χ1) is 9.74. The predicted octanol–water partition coefficient (Wildman–Crippen LogP) is 2.34. The van der Waals surface area contributed by atoms with Crippen molar-refractivity contribution in [3.8, 4) is 0 Å². The molecule has 0 heterocycles. The summed E-state index contributed by atoms with van der Waals surface area (Å²) < 4.78 is 0. The quantitative estimate of drug-likeness (QED) is 0.828. The first-order valence-corrected chi connectivity index (χ1v) is 8.63. The lowest BCUT2D eigenvalue weighted by Crippen LogP contribution is -2.42. The van der Waals surface area contributed by atoms with E-state index in [2.05, 4.69) is 5.32 Å². The van der Waals surface area contributed by atoms with Crippen LogP contribution in [0, 0.1) is 35.0 Å². The van der Waals surface area contributed by atoms with Crippen LogP contribution in [0.25, 0.3) is 0 Å². The number of aliphatic hydroxyl groups excluding tert-OH is 1. The summed E-state index contributed by atoms with van der Waals surface area (Å²) in [5.74, 6) is 3.82. The molecule has 0 aromatic heterocycles. The number of hydrogen-bond donors (Lipinski definition) is 2. The Kier molecular flexibility index (Phi) is 3.10. The first-order valence-electron chi connectivity index (χ1n) is 8.63. The first kappa shape index (κ1) is 13.1. The van der Waals surface area contributed by atoms with Crippen molar-refractivity contribution in [2.45, 2.75) is 51.4 Å². The molecule has 3 nitrogen and oxygen atoms in total. The molecule has 4 aliphatic carbocycles. The van der Waals surface area contributed by atoms with Crippen molar-refractivity contribution in [1.82, 2.24) is 5.32 Å². The zero-order valence-corrected chi connectivity index (χ0v) is 12.3. The van der Waals surface area contributed by atoms with Crippen LogP contribution in [-0.4, -0.2) is 24.2 Å². The lowest BCUT2D eigenvalue weighted by Gasteiger charge is -2.35. The molecule has 20 heavy (non-hydrogen) atoms. The smallest absolute Gasteiger partial charge is 0.223 e. The summed E-state index contributed by atoms with van der Waals surface area (Å²) in [5.41, 5.74) is -0.0170. The molecule has 4 rings (SSSR count). The molecule has 0 aliphatic heterocycles. The highest BCUT2D eigenvalue weighted by Gasteiger charge is 2.67. The minimum atomic E-state index is -0.0170. The van der Waals surface area contributed by atoms with Crippen molar-refractivity contribution in [3.05, 3.63) is 0 Å². The predicted molar refractivity (Wildman–Crippen MR) is 76.9 cm³/mol. The van der Waals surface area contributed by atoms with Crippen LogP contribution in [0.5, 0.6) is 0 Å². The topological polar surface area (TPSA) is 49.3 Å². The number of rotatable bonds is 4. The summed E-state index contributed by atoms with van der Waals surface area (Å²) in [7, 11) is 0. The van der Waals surface area contributed by atoms with E-state index in [0.717, 1.165) is 36.5 Å². The van der Waals surface area contributed by atoms with Gasteiger partial charge in [0.1, 0.15) is 0 Å². The van der Waals surface area contributed by atoms with Gasteiger partial charge in [0.25, 0.3) is 0 Å². The molecule has 112 valence electrons. The number of aliphatic hydroxyl groups is 1. The molecule has 0 aromatic carbocycles. The molecule has 3 heteroatoms. The molecule has 2 bridgehead atoms. The third-order valence-electron chi connectivity index (χ3n) is 6.93. The molecule has 1 amide bonds. The molecule has 2 N–H and O–H groups in total. The second-order valence-electron chi connectivity index (χ2n) is 7.95. The maximum atomic E-state index is 12.4.